The molecule has 7 heteroatoms. The molecule has 0 unspecified atom stereocenters. The van der Waals surface area contributed by atoms with Crippen molar-refractivity contribution in [2.75, 3.05) is 5.01 Å². The summed E-state index contributed by atoms with van der Waals surface area (Å²) in [5.41, 5.74) is 5.73. The van der Waals surface area contributed by atoms with Gasteiger partial charge in [0.05, 0.1) is 0 Å². The smallest absolute Gasteiger partial charge is 0.406 e. The first kappa shape index (κ1) is 19.5. The molecule has 0 N–H and O–H groups in total. The number of halogens is 4. The van der Waals surface area contributed by atoms with Gasteiger partial charge in [-0.3, -0.25) is 0 Å². The third-order valence-corrected chi connectivity index (χ3v) is 3.61. The number of ether oxygens (including phenoxy) is 1. The average molecular weight is 366 g/mol. The van der Waals surface area contributed by atoms with Crippen molar-refractivity contribution < 1.29 is 22.3 Å². The largest absolute Gasteiger partial charge is 0.573 e. The molecule has 0 aliphatic carbocycles. The molecule has 138 valence electrons. The minimum absolute atomic E-state index is 0.00350. The van der Waals surface area contributed by atoms with Crippen LogP contribution in [0.1, 0.15) is 27.2 Å². The summed E-state index contributed by atoms with van der Waals surface area (Å²) >= 11 is 0. The van der Waals surface area contributed by atoms with E-state index < -0.39 is 17.9 Å². The minimum atomic E-state index is -4.88. The topological polar surface area (TPSA) is 24.8 Å². The van der Waals surface area contributed by atoms with Crippen molar-refractivity contribution in [1.82, 2.24) is 0 Å². The molecule has 0 atom stereocenters. The van der Waals surface area contributed by atoms with Gasteiger partial charge in [-0.2, -0.15) is 5.10 Å². The molecule has 0 spiro atoms. The maximum atomic E-state index is 14.4. The first-order valence-corrected chi connectivity index (χ1v) is 7.85. The highest BCUT2D eigenvalue weighted by atomic mass is 19.4. The normalized spacial score (nSPS) is 15.4. The van der Waals surface area contributed by atoms with Crippen LogP contribution in [-0.2, 0) is 0 Å². The molecule has 1 aromatic rings. The quantitative estimate of drug-likeness (QED) is 0.492. The second-order valence-corrected chi connectivity index (χ2v) is 5.61. The predicted octanol–water partition coefficient (Wildman–Crippen LogP) is 5.87. The molecule has 0 amide bonds. The van der Waals surface area contributed by atoms with Crippen molar-refractivity contribution in [3.8, 4) is 5.75 Å². The second kappa shape index (κ2) is 7.62. The third-order valence-electron chi connectivity index (χ3n) is 3.61. The van der Waals surface area contributed by atoms with Crippen LogP contribution in [0.25, 0.3) is 0 Å². The van der Waals surface area contributed by atoms with Gasteiger partial charge in [0, 0.05) is 17.8 Å². The molecule has 0 fully saturated rings. The molecule has 0 radical (unpaired) electrons. The molecule has 3 nitrogen and oxygen atoms in total. The number of nitrogens with zero attached hydrogens (tertiary/aromatic N) is 2. The highest BCUT2D eigenvalue weighted by Crippen LogP contribution is 2.31. The lowest BCUT2D eigenvalue weighted by molar-refractivity contribution is -0.274. The fraction of sp³-hybridized carbons (Fsp3) is 0.263. The minimum Gasteiger partial charge on any atom is -0.406 e. The Balaban J connectivity index is 2.46. The summed E-state index contributed by atoms with van der Waals surface area (Å²) in [6, 6.07) is 2.90. The maximum Gasteiger partial charge on any atom is 0.573 e. The number of hydrogen-bond donors (Lipinski definition) is 0. The number of rotatable bonds is 4. The van der Waals surface area contributed by atoms with E-state index in [0.29, 0.717) is 17.4 Å². The molecular weight excluding hydrogens is 348 g/mol. The second-order valence-electron chi connectivity index (χ2n) is 5.61. The first-order chi connectivity index (χ1) is 12.2. The molecule has 0 saturated heterocycles. The Labute approximate surface area is 149 Å². The highest BCUT2D eigenvalue weighted by Gasteiger charge is 2.31. The van der Waals surface area contributed by atoms with Crippen molar-refractivity contribution in [3.05, 3.63) is 65.3 Å². The zero-order valence-electron chi connectivity index (χ0n) is 14.6. The van der Waals surface area contributed by atoms with Crippen LogP contribution in [0.3, 0.4) is 0 Å². The predicted molar refractivity (Wildman–Crippen MR) is 93.5 cm³/mol. The number of hydrazone groups is 1. The lowest BCUT2D eigenvalue weighted by Crippen LogP contribution is -2.22. The summed E-state index contributed by atoms with van der Waals surface area (Å²) in [4.78, 5) is 0. The first-order valence-electron chi connectivity index (χ1n) is 7.85. The summed E-state index contributed by atoms with van der Waals surface area (Å²) in [7, 11) is 0. The molecule has 1 aliphatic rings. The van der Waals surface area contributed by atoms with E-state index in [9.17, 15) is 17.6 Å². The maximum absolute atomic E-state index is 14.4. The Kier molecular flexibility index (Phi) is 5.73. The van der Waals surface area contributed by atoms with Gasteiger partial charge < -0.3 is 4.74 Å². The van der Waals surface area contributed by atoms with E-state index in [-0.39, 0.29) is 5.69 Å². The molecule has 1 heterocycles. The highest BCUT2D eigenvalue weighted by molar-refractivity contribution is 6.15. The van der Waals surface area contributed by atoms with Gasteiger partial charge in [-0.25, -0.2) is 9.40 Å². The lowest BCUT2D eigenvalue weighted by atomic mass is 9.97. The van der Waals surface area contributed by atoms with Crippen LogP contribution in [0.4, 0.5) is 23.2 Å². The van der Waals surface area contributed by atoms with Gasteiger partial charge in [-0.05, 0) is 43.5 Å². The molecule has 0 saturated carbocycles. The average Bonchev–Trinajstić information content (AvgIpc) is 2.52. The Morgan fingerprint density at radius 2 is 2.08 bits per heavy atom. The van der Waals surface area contributed by atoms with E-state index in [1.54, 1.807) is 13.1 Å². The van der Waals surface area contributed by atoms with Crippen LogP contribution >= 0.6 is 0 Å². The van der Waals surface area contributed by atoms with Crippen molar-refractivity contribution in [3.63, 3.8) is 0 Å². The van der Waals surface area contributed by atoms with Crippen LogP contribution in [-0.4, -0.2) is 12.1 Å². The van der Waals surface area contributed by atoms with Crippen LogP contribution in [0.2, 0.25) is 0 Å². The van der Waals surface area contributed by atoms with Gasteiger partial charge in [0.25, 0.3) is 0 Å². The molecule has 26 heavy (non-hydrogen) atoms. The fourth-order valence-electron chi connectivity index (χ4n) is 2.52. The molecule has 1 aliphatic heterocycles. The van der Waals surface area contributed by atoms with E-state index in [2.05, 4.69) is 22.1 Å². The fourth-order valence-corrected chi connectivity index (χ4v) is 2.52. The van der Waals surface area contributed by atoms with Gasteiger partial charge in [0.15, 0.2) is 5.82 Å². The summed E-state index contributed by atoms with van der Waals surface area (Å²) in [6.45, 7) is 9.31. The standard InChI is InChI=1S/C19H18F4N2O/c1-5-7-12(3)18-15(6-2)13(4)11-25(24-18)17-9-8-14(10-16(17)20)26-19(21,22)23/h7-11H,2,5H2,1,3-4H3/b12-7-. The van der Waals surface area contributed by atoms with E-state index in [1.165, 1.54) is 11.1 Å². The van der Waals surface area contributed by atoms with Crippen LogP contribution in [0.5, 0.6) is 5.75 Å². The summed E-state index contributed by atoms with van der Waals surface area (Å²) in [6.07, 6.45) is -0.564. The van der Waals surface area contributed by atoms with Crippen molar-refractivity contribution in [1.29, 1.82) is 0 Å². The van der Waals surface area contributed by atoms with Gasteiger partial charge >= 0.3 is 6.36 Å². The SMILES string of the molecule is C=C=C1C(C)=CN(c2ccc(OC(F)(F)F)cc2F)N=C1/C(C)=C\CC. The van der Waals surface area contributed by atoms with Crippen LogP contribution in [0.15, 0.2) is 64.6 Å². The van der Waals surface area contributed by atoms with Gasteiger partial charge in [-0.1, -0.05) is 19.6 Å². The Bertz CT molecular complexity index is 844. The third kappa shape index (κ3) is 4.43. The lowest BCUT2D eigenvalue weighted by Gasteiger charge is -2.25. The van der Waals surface area contributed by atoms with Crippen molar-refractivity contribution in [2.24, 2.45) is 5.10 Å². The molecular formula is C19H18F4N2O. The van der Waals surface area contributed by atoms with E-state index >= 15 is 0 Å². The molecule has 0 aromatic heterocycles. The van der Waals surface area contributed by atoms with Gasteiger partial charge in [-0.15, -0.1) is 18.9 Å². The van der Waals surface area contributed by atoms with Gasteiger partial charge in [0.1, 0.15) is 17.1 Å². The van der Waals surface area contributed by atoms with Gasteiger partial charge in [0.2, 0.25) is 0 Å². The van der Waals surface area contributed by atoms with Crippen LogP contribution < -0.4 is 9.75 Å². The van der Waals surface area contributed by atoms with Crippen molar-refractivity contribution in [2.45, 2.75) is 33.6 Å². The number of hydrogen-bond acceptors (Lipinski definition) is 3. The molecule has 2 rings (SSSR count). The zero-order chi connectivity index (χ0) is 19.5. The van der Waals surface area contributed by atoms with E-state index in [4.69, 9.17) is 0 Å². The molecule has 1 aromatic carbocycles. The number of alkyl halides is 3. The van der Waals surface area contributed by atoms with E-state index in [0.717, 1.165) is 23.6 Å². The van der Waals surface area contributed by atoms with Crippen molar-refractivity contribution >= 4 is 11.4 Å². The molecule has 0 bridgehead atoms. The summed E-state index contributed by atoms with van der Waals surface area (Å²) in [5.74, 6) is -1.52. The summed E-state index contributed by atoms with van der Waals surface area (Å²) in [5, 5.41) is 5.68. The Morgan fingerprint density at radius 3 is 2.62 bits per heavy atom. The number of benzene rings is 1. The number of anilines is 1. The Hall–Kier alpha value is -2.79. The summed E-state index contributed by atoms with van der Waals surface area (Å²) < 4.78 is 54.9. The van der Waals surface area contributed by atoms with E-state index in [1.807, 2.05) is 19.9 Å². The zero-order valence-corrected chi connectivity index (χ0v) is 14.6. The monoisotopic (exact) mass is 366 g/mol. The Morgan fingerprint density at radius 1 is 1.38 bits per heavy atom. The van der Waals surface area contributed by atoms with Crippen LogP contribution in [0, 0.1) is 5.82 Å². The number of allylic oxidation sites excluding steroid dienone is 4.